The minimum Gasteiger partial charge on any atom is -0.355 e. The van der Waals surface area contributed by atoms with Gasteiger partial charge in [0, 0.05) is 29.8 Å². The molecular weight excluding hydrogens is 316 g/mol. The van der Waals surface area contributed by atoms with E-state index in [1.165, 1.54) is 19.4 Å². The molecule has 0 bridgehead atoms. The molecule has 0 spiro atoms. The van der Waals surface area contributed by atoms with Crippen LogP contribution in [0.25, 0.3) is 0 Å². The van der Waals surface area contributed by atoms with Crippen LogP contribution in [-0.4, -0.2) is 30.7 Å². The third-order valence-corrected chi connectivity index (χ3v) is 4.57. The van der Waals surface area contributed by atoms with E-state index in [-0.39, 0.29) is 0 Å². The van der Waals surface area contributed by atoms with Crippen LogP contribution in [0.2, 0.25) is 0 Å². The van der Waals surface area contributed by atoms with Crippen LogP contribution in [-0.2, 0) is 0 Å². The number of nitrogens with zero attached hydrogens (tertiary/aromatic N) is 3. The minimum atomic E-state index is 0.632. The van der Waals surface area contributed by atoms with Crippen LogP contribution in [0.5, 0.6) is 0 Å². The van der Waals surface area contributed by atoms with Gasteiger partial charge in [-0.15, -0.1) is 0 Å². The van der Waals surface area contributed by atoms with Crippen LogP contribution in [0.1, 0.15) is 31.2 Å². The zero-order valence-electron chi connectivity index (χ0n) is 11.5. The Hall–Kier alpha value is -1.12. The summed E-state index contributed by atoms with van der Waals surface area (Å²) in [6.45, 7) is 3.14. The predicted molar refractivity (Wildman–Crippen MR) is 82.6 cm³/mol. The Labute approximate surface area is 128 Å². The molecule has 4 nitrogen and oxygen atoms in total. The lowest BCUT2D eigenvalue weighted by Crippen LogP contribution is -2.43. The monoisotopic (exact) mass is 334 g/mol. The number of halogens is 1. The molecule has 0 amide bonds. The fourth-order valence-electron chi connectivity index (χ4n) is 2.72. The fourth-order valence-corrected chi connectivity index (χ4v) is 3.05. The van der Waals surface area contributed by atoms with Crippen LogP contribution in [0.3, 0.4) is 0 Å². The van der Waals surface area contributed by atoms with E-state index < -0.39 is 0 Å². The SMILES string of the molecule is N#Cc1cc(Br)cnc1N1CCC(NCC2CC2)CC1. The number of nitrogens with one attached hydrogen (secondary N) is 1. The Morgan fingerprint density at radius 2 is 2.10 bits per heavy atom. The number of hydrogen-bond acceptors (Lipinski definition) is 4. The van der Waals surface area contributed by atoms with Crippen molar-refractivity contribution >= 4 is 21.7 Å². The van der Waals surface area contributed by atoms with Crippen molar-refractivity contribution < 1.29 is 0 Å². The lowest BCUT2D eigenvalue weighted by molar-refractivity contribution is 0.407. The first-order valence-electron chi connectivity index (χ1n) is 7.30. The Balaban J connectivity index is 1.58. The van der Waals surface area contributed by atoms with Gasteiger partial charge in [0.05, 0.1) is 5.56 Å². The first-order valence-corrected chi connectivity index (χ1v) is 8.09. The maximum atomic E-state index is 9.23. The van der Waals surface area contributed by atoms with Crippen molar-refractivity contribution in [2.24, 2.45) is 5.92 Å². The first kappa shape index (κ1) is 13.8. The highest BCUT2D eigenvalue weighted by Gasteiger charge is 2.25. The molecule has 106 valence electrons. The Morgan fingerprint density at radius 3 is 2.75 bits per heavy atom. The van der Waals surface area contributed by atoms with E-state index in [4.69, 9.17) is 0 Å². The molecule has 0 unspecified atom stereocenters. The fraction of sp³-hybridized carbons (Fsp3) is 0.600. The summed E-state index contributed by atoms with van der Waals surface area (Å²) < 4.78 is 0.860. The van der Waals surface area contributed by atoms with Gasteiger partial charge in [-0.2, -0.15) is 5.26 Å². The van der Waals surface area contributed by atoms with Crippen molar-refractivity contribution in [1.29, 1.82) is 5.26 Å². The zero-order valence-corrected chi connectivity index (χ0v) is 13.1. The summed E-state index contributed by atoms with van der Waals surface area (Å²) in [6, 6.07) is 4.72. The second-order valence-corrected chi connectivity index (χ2v) is 6.67. The first-order chi connectivity index (χ1) is 9.76. The van der Waals surface area contributed by atoms with Crippen LogP contribution in [0.4, 0.5) is 5.82 Å². The van der Waals surface area contributed by atoms with Crippen molar-refractivity contribution in [1.82, 2.24) is 10.3 Å². The van der Waals surface area contributed by atoms with E-state index in [0.717, 1.165) is 42.1 Å². The van der Waals surface area contributed by atoms with Crippen LogP contribution < -0.4 is 10.2 Å². The molecule has 1 aliphatic heterocycles. The number of anilines is 1. The third kappa shape index (κ3) is 3.31. The average molecular weight is 335 g/mol. The Morgan fingerprint density at radius 1 is 1.35 bits per heavy atom. The summed E-state index contributed by atoms with van der Waals surface area (Å²) in [5.74, 6) is 1.77. The molecule has 0 aromatic carbocycles. The standard InChI is InChI=1S/C15H19BrN4/c16-13-7-12(8-17)15(19-10-13)20-5-3-14(4-6-20)18-9-11-1-2-11/h7,10-11,14,18H,1-6,9H2. The Bertz CT molecular complexity index is 513. The summed E-state index contributed by atoms with van der Waals surface area (Å²) in [6.07, 6.45) is 6.85. The van der Waals surface area contributed by atoms with Gasteiger partial charge in [0.15, 0.2) is 0 Å². The summed E-state index contributed by atoms with van der Waals surface area (Å²) in [4.78, 5) is 6.65. The molecule has 0 atom stereocenters. The van der Waals surface area contributed by atoms with Crippen LogP contribution in [0, 0.1) is 17.2 Å². The number of rotatable bonds is 4. The second-order valence-electron chi connectivity index (χ2n) is 5.75. The van der Waals surface area contributed by atoms with Gasteiger partial charge in [-0.05, 0) is 60.1 Å². The number of piperidine rings is 1. The van der Waals surface area contributed by atoms with Crippen LogP contribution >= 0.6 is 15.9 Å². The number of hydrogen-bond donors (Lipinski definition) is 1. The van der Waals surface area contributed by atoms with E-state index in [0.29, 0.717) is 11.6 Å². The van der Waals surface area contributed by atoms with E-state index in [9.17, 15) is 5.26 Å². The summed E-state index contributed by atoms with van der Waals surface area (Å²) in [5, 5.41) is 12.9. The molecule has 20 heavy (non-hydrogen) atoms. The number of aromatic nitrogens is 1. The van der Waals surface area contributed by atoms with Crippen molar-refractivity contribution in [2.45, 2.75) is 31.7 Å². The molecule has 1 aliphatic carbocycles. The van der Waals surface area contributed by atoms with Crippen molar-refractivity contribution in [2.75, 3.05) is 24.5 Å². The highest BCUT2D eigenvalue weighted by atomic mass is 79.9. The smallest absolute Gasteiger partial charge is 0.146 e. The second kappa shape index (κ2) is 6.11. The summed E-state index contributed by atoms with van der Waals surface area (Å²) in [5.41, 5.74) is 0.656. The van der Waals surface area contributed by atoms with E-state index in [2.05, 4.69) is 37.2 Å². The molecule has 1 saturated heterocycles. The lowest BCUT2D eigenvalue weighted by Gasteiger charge is -2.33. The van der Waals surface area contributed by atoms with Gasteiger partial charge in [0.1, 0.15) is 11.9 Å². The molecule has 2 aliphatic rings. The molecular formula is C15H19BrN4. The highest BCUT2D eigenvalue weighted by molar-refractivity contribution is 9.10. The quantitative estimate of drug-likeness (QED) is 0.919. The van der Waals surface area contributed by atoms with E-state index in [1.807, 2.05) is 6.07 Å². The predicted octanol–water partition coefficient (Wildman–Crippen LogP) is 2.68. The topological polar surface area (TPSA) is 52.0 Å². The molecule has 0 radical (unpaired) electrons. The molecule has 1 aromatic rings. The van der Waals surface area contributed by atoms with Gasteiger partial charge in [-0.3, -0.25) is 0 Å². The van der Waals surface area contributed by atoms with Crippen molar-refractivity contribution in [3.63, 3.8) is 0 Å². The van der Waals surface area contributed by atoms with Gasteiger partial charge in [0.25, 0.3) is 0 Å². The molecule has 2 fully saturated rings. The van der Waals surface area contributed by atoms with Gasteiger partial charge in [-0.25, -0.2) is 4.98 Å². The molecule has 3 rings (SSSR count). The zero-order chi connectivity index (χ0) is 13.9. The molecule has 1 aromatic heterocycles. The lowest BCUT2D eigenvalue weighted by atomic mass is 10.0. The summed E-state index contributed by atoms with van der Waals surface area (Å²) >= 11 is 3.37. The van der Waals surface area contributed by atoms with E-state index in [1.54, 1.807) is 6.20 Å². The third-order valence-electron chi connectivity index (χ3n) is 4.14. The maximum absolute atomic E-state index is 9.23. The molecule has 2 heterocycles. The van der Waals surface area contributed by atoms with E-state index >= 15 is 0 Å². The molecule has 1 saturated carbocycles. The van der Waals surface area contributed by atoms with Gasteiger partial charge < -0.3 is 10.2 Å². The van der Waals surface area contributed by atoms with Gasteiger partial charge in [0.2, 0.25) is 0 Å². The van der Waals surface area contributed by atoms with Gasteiger partial charge in [-0.1, -0.05) is 0 Å². The Kier molecular flexibility index (Phi) is 4.23. The minimum absolute atomic E-state index is 0.632. The normalized spacial score (nSPS) is 19.9. The van der Waals surface area contributed by atoms with Crippen LogP contribution in [0.15, 0.2) is 16.7 Å². The number of nitriles is 1. The molecule has 1 N–H and O–H groups in total. The highest BCUT2D eigenvalue weighted by Crippen LogP contribution is 2.28. The largest absolute Gasteiger partial charge is 0.355 e. The number of pyridine rings is 1. The average Bonchev–Trinajstić information content (AvgIpc) is 3.30. The summed E-state index contributed by atoms with van der Waals surface area (Å²) in [7, 11) is 0. The van der Waals surface area contributed by atoms with Crippen molar-refractivity contribution in [3.05, 3.63) is 22.3 Å². The molecule has 5 heteroatoms. The van der Waals surface area contributed by atoms with Crippen molar-refractivity contribution in [3.8, 4) is 6.07 Å². The maximum Gasteiger partial charge on any atom is 0.146 e. The van der Waals surface area contributed by atoms with Gasteiger partial charge >= 0.3 is 0 Å².